The number of nitrogens with zero attached hydrogens (tertiary/aromatic N) is 1. The van der Waals surface area contributed by atoms with Crippen LogP contribution in [0, 0.1) is 0 Å². The highest BCUT2D eigenvalue weighted by Crippen LogP contribution is 2.27. The van der Waals surface area contributed by atoms with Crippen LogP contribution in [0.1, 0.15) is 24.9 Å². The number of benzene rings is 2. The van der Waals surface area contributed by atoms with Crippen LogP contribution in [-0.4, -0.2) is 43.3 Å². The fraction of sp³-hybridized carbons (Fsp3) is 0.286. The summed E-state index contributed by atoms with van der Waals surface area (Å²) in [5.74, 6) is -0.530. The molecule has 0 aliphatic rings. The average molecular weight is 452 g/mol. The molecule has 160 valence electrons. The number of hydrogen-bond donors (Lipinski definition) is 2. The molecule has 2 aromatic rings. The minimum Gasteiger partial charge on any atom is -0.495 e. The first-order valence-corrected chi connectivity index (χ1v) is 9.85. The predicted molar refractivity (Wildman–Crippen MR) is 117 cm³/mol. The van der Waals surface area contributed by atoms with Crippen LogP contribution in [0.2, 0.25) is 10.0 Å². The number of carbonyl (C=O) groups is 3. The highest BCUT2D eigenvalue weighted by molar-refractivity contribution is 6.31. The second-order valence-corrected chi connectivity index (χ2v) is 7.52. The van der Waals surface area contributed by atoms with Gasteiger partial charge in [-0.15, -0.1) is 0 Å². The lowest BCUT2D eigenvalue weighted by atomic mass is 10.0. The minimum atomic E-state index is -0.536. The van der Waals surface area contributed by atoms with Crippen LogP contribution < -0.4 is 15.4 Å². The van der Waals surface area contributed by atoms with Crippen LogP contribution in [-0.2, 0) is 14.4 Å². The fourth-order valence-corrected chi connectivity index (χ4v) is 3.09. The smallest absolute Gasteiger partial charge is 0.244 e. The van der Waals surface area contributed by atoms with Gasteiger partial charge in [0.2, 0.25) is 17.7 Å². The van der Waals surface area contributed by atoms with E-state index in [2.05, 4.69) is 10.6 Å². The first-order chi connectivity index (χ1) is 14.2. The molecular weight excluding hydrogens is 429 g/mol. The SMILES string of the molecule is COc1ccc(Cl)cc1NC(=O)CN(C)C(=O)CC(NC(C)=O)c1ccc(Cl)cc1. The molecule has 2 N–H and O–H groups in total. The van der Waals surface area contributed by atoms with E-state index in [0.717, 1.165) is 5.56 Å². The molecule has 0 saturated heterocycles. The van der Waals surface area contributed by atoms with Crippen molar-refractivity contribution in [3.05, 3.63) is 58.1 Å². The van der Waals surface area contributed by atoms with E-state index in [9.17, 15) is 14.4 Å². The van der Waals surface area contributed by atoms with Crippen LogP contribution in [0.4, 0.5) is 5.69 Å². The molecule has 0 aliphatic heterocycles. The Bertz CT molecular complexity index is 919. The molecule has 0 aromatic heterocycles. The van der Waals surface area contributed by atoms with Crippen molar-refractivity contribution in [2.24, 2.45) is 0 Å². The Morgan fingerprint density at radius 2 is 1.70 bits per heavy atom. The van der Waals surface area contributed by atoms with Gasteiger partial charge < -0.3 is 20.3 Å². The molecule has 1 atom stereocenters. The molecule has 7 nitrogen and oxygen atoms in total. The van der Waals surface area contributed by atoms with Crippen molar-refractivity contribution in [2.45, 2.75) is 19.4 Å². The van der Waals surface area contributed by atoms with E-state index in [1.165, 1.54) is 26.0 Å². The van der Waals surface area contributed by atoms with E-state index in [-0.39, 0.29) is 24.8 Å². The van der Waals surface area contributed by atoms with Crippen molar-refractivity contribution >= 4 is 46.6 Å². The van der Waals surface area contributed by atoms with Crippen molar-refractivity contribution in [1.29, 1.82) is 0 Å². The number of methoxy groups -OCH3 is 1. The van der Waals surface area contributed by atoms with Crippen LogP contribution >= 0.6 is 23.2 Å². The van der Waals surface area contributed by atoms with Gasteiger partial charge in [-0.25, -0.2) is 0 Å². The van der Waals surface area contributed by atoms with Gasteiger partial charge in [-0.1, -0.05) is 35.3 Å². The third kappa shape index (κ3) is 6.93. The number of anilines is 1. The van der Waals surface area contributed by atoms with E-state index in [1.807, 2.05) is 0 Å². The summed E-state index contributed by atoms with van der Waals surface area (Å²) >= 11 is 11.9. The molecule has 0 heterocycles. The minimum absolute atomic E-state index is 0.00845. The Morgan fingerprint density at radius 3 is 2.30 bits per heavy atom. The summed E-state index contributed by atoms with van der Waals surface area (Å²) in [6, 6.07) is 11.2. The topological polar surface area (TPSA) is 87.7 Å². The monoisotopic (exact) mass is 451 g/mol. The maximum Gasteiger partial charge on any atom is 0.244 e. The first kappa shape index (κ1) is 23.5. The second kappa shape index (κ2) is 10.8. The molecule has 0 bridgehead atoms. The van der Waals surface area contributed by atoms with Gasteiger partial charge in [-0.05, 0) is 35.9 Å². The van der Waals surface area contributed by atoms with E-state index < -0.39 is 11.9 Å². The van der Waals surface area contributed by atoms with Gasteiger partial charge in [-0.2, -0.15) is 0 Å². The summed E-state index contributed by atoms with van der Waals surface area (Å²) < 4.78 is 5.20. The van der Waals surface area contributed by atoms with Crippen molar-refractivity contribution in [3.63, 3.8) is 0 Å². The van der Waals surface area contributed by atoms with Crippen LogP contribution in [0.25, 0.3) is 0 Å². The number of carbonyl (C=O) groups excluding carboxylic acids is 3. The number of hydrogen-bond acceptors (Lipinski definition) is 4. The average Bonchev–Trinajstić information content (AvgIpc) is 2.67. The molecule has 0 aliphatic carbocycles. The fourth-order valence-electron chi connectivity index (χ4n) is 2.79. The Balaban J connectivity index is 2.02. The Labute approximate surface area is 185 Å². The lowest BCUT2D eigenvalue weighted by molar-refractivity contribution is -0.134. The lowest BCUT2D eigenvalue weighted by Gasteiger charge is -2.22. The number of amides is 3. The lowest BCUT2D eigenvalue weighted by Crippen LogP contribution is -2.38. The van der Waals surface area contributed by atoms with Crippen molar-refractivity contribution in [1.82, 2.24) is 10.2 Å². The highest BCUT2D eigenvalue weighted by atomic mass is 35.5. The third-order valence-corrected chi connectivity index (χ3v) is 4.76. The summed E-state index contributed by atoms with van der Waals surface area (Å²) in [7, 11) is 3.00. The first-order valence-electron chi connectivity index (χ1n) is 9.09. The Kier molecular flexibility index (Phi) is 8.50. The molecule has 30 heavy (non-hydrogen) atoms. The number of nitrogens with one attached hydrogen (secondary N) is 2. The van der Waals surface area contributed by atoms with Crippen molar-refractivity contribution in [3.8, 4) is 5.75 Å². The molecule has 9 heteroatoms. The summed E-state index contributed by atoms with van der Waals surface area (Å²) in [6.45, 7) is 1.20. The maximum atomic E-state index is 12.7. The largest absolute Gasteiger partial charge is 0.495 e. The van der Waals surface area contributed by atoms with Crippen molar-refractivity contribution < 1.29 is 19.1 Å². The van der Waals surface area contributed by atoms with Gasteiger partial charge in [0.25, 0.3) is 0 Å². The Hall–Kier alpha value is -2.77. The zero-order valence-electron chi connectivity index (χ0n) is 16.9. The van der Waals surface area contributed by atoms with Crippen molar-refractivity contribution in [2.75, 3.05) is 26.0 Å². The summed E-state index contributed by atoms with van der Waals surface area (Å²) in [5, 5.41) is 6.43. The molecule has 2 rings (SSSR count). The number of halogens is 2. The zero-order valence-corrected chi connectivity index (χ0v) is 18.4. The molecule has 0 radical (unpaired) electrons. The van der Waals surface area contributed by atoms with E-state index in [0.29, 0.717) is 21.5 Å². The molecular formula is C21H23Cl2N3O4. The molecule has 3 amide bonds. The summed E-state index contributed by atoms with van der Waals surface area (Å²) in [6.07, 6.45) is -0.00845. The Morgan fingerprint density at radius 1 is 1.07 bits per heavy atom. The van der Waals surface area contributed by atoms with Gasteiger partial charge in [-0.3, -0.25) is 14.4 Å². The number of likely N-dealkylation sites (N-methyl/N-ethyl adjacent to an activating group) is 1. The second-order valence-electron chi connectivity index (χ2n) is 6.65. The number of rotatable bonds is 8. The van der Waals surface area contributed by atoms with Crippen LogP contribution in [0.15, 0.2) is 42.5 Å². The van der Waals surface area contributed by atoms with Crippen LogP contribution in [0.5, 0.6) is 5.75 Å². The van der Waals surface area contributed by atoms with Gasteiger partial charge in [0, 0.05) is 24.0 Å². The predicted octanol–water partition coefficient (Wildman–Crippen LogP) is 3.67. The molecule has 0 fully saturated rings. The number of ether oxygens (including phenoxy) is 1. The highest BCUT2D eigenvalue weighted by Gasteiger charge is 2.21. The molecule has 2 aromatic carbocycles. The maximum absolute atomic E-state index is 12.7. The molecule has 0 saturated carbocycles. The summed E-state index contributed by atoms with van der Waals surface area (Å²) in [4.78, 5) is 37.9. The van der Waals surface area contributed by atoms with E-state index in [4.69, 9.17) is 27.9 Å². The molecule has 0 spiro atoms. The van der Waals surface area contributed by atoms with E-state index >= 15 is 0 Å². The zero-order chi connectivity index (χ0) is 22.3. The van der Waals surface area contributed by atoms with Gasteiger partial charge in [0.05, 0.1) is 31.8 Å². The normalized spacial score (nSPS) is 11.4. The van der Waals surface area contributed by atoms with Gasteiger partial charge in [0.15, 0.2) is 0 Å². The quantitative estimate of drug-likeness (QED) is 0.640. The van der Waals surface area contributed by atoms with Gasteiger partial charge in [0.1, 0.15) is 5.75 Å². The molecule has 1 unspecified atom stereocenters. The third-order valence-electron chi connectivity index (χ3n) is 4.27. The van der Waals surface area contributed by atoms with E-state index in [1.54, 1.807) is 42.5 Å². The van der Waals surface area contributed by atoms with Gasteiger partial charge >= 0.3 is 0 Å². The van der Waals surface area contributed by atoms with Crippen LogP contribution in [0.3, 0.4) is 0 Å². The standard InChI is InChI=1S/C21H23Cl2N3O4/c1-13(27)24-17(14-4-6-15(22)7-5-14)11-21(29)26(2)12-20(28)25-18-10-16(23)8-9-19(18)30-3/h4-10,17H,11-12H2,1-3H3,(H,24,27)(H,25,28). The summed E-state index contributed by atoms with van der Waals surface area (Å²) in [5.41, 5.74) is 1.15.